The van der Waals surface area contributed by atoms with Gasteiger partial charge in [-0.2, -0.15) is 0 Å². The molecule has 0 heterocycles. The van der Waals surface area contributed by atoms with Gasteiger partial charge in [-0.3, -0.25) is 0 Å². The summed E-state index contributed by atoms with van der Waals surface area (Å²) in [5, 5.41) is 11.7. The van der Waals surface area contributed by atoms with Gasteiger partial charge in [-0.1, -0.05) is 17.3 Å². The van der Waals surface area contributed by atoms with Crippen molar-refractivity contribution in [3.05, 3.63) is 29.8 Å². The van der Waals surface area contributed by atoms with Crippen LogP contribution in [0.1, 0.15) is 12.5 Å². The molecule has 0 aliphatic rings. The van der Waals surface area contributed by atoms with Crippen LogP contribution in [0.4, 0.5) is 5.69 Å². The number of anilines is 1. The van der Waals surface area contributed by atoms with E-state index in [1.54, 1.807) is 6.92 Å². The fourth-order valence-electron chi connectivity index (χ4n) is 1.06. The fraction of sp³-hybridized carbons (Fsp3) is 0.300. The number of nitrogens with zero attached hydrogens (tertiary/aromatic N) is 2. The molecule has 0 unspecified atom stereocenters. The van der Waals surface area contributed by atoms with Crippen molar-refractivity contribution in [1.29, 1.82) is 0 Å². The molecule has 0 spiro atoms. The van der Waals surface area contributed by atoms with E-state index in [1.165, 1.54) is 0 Å². The van der Waals surface area contributed by atoms with Crippen LogP contribution in [0, 0.1) is 0 Å². The third-order valence-corrected chi connectivity index (χ3v) is 1.95. The summed E-state index contributed by atoms with van der Waals surface area (Å²) in [6, 6.07) is 7.85. The summed E-state index contributed by atoms with van der Waals surface area (Å²) in [7, 11) is 3.98. The van der Waals surface area contributed by atoms with Gasteiger partial charge in [0, 0.05) is 19.8 Å². The number of hydrogen-bond donors (Lipinski definition) is 1. The van der Waals surface area contributed by atoms with E-state index in [9.17, 15) is 0 Å². The molecule has 1 aromatic carbocycles. The summed E-state index contributed by atoms with van der Waals surface area (Å²) < 4.78 is 0. The molecule has 1 rings (SSSR count). The van der Waals surface area contributed by atoms with E-state index in [2.05, 4.69) is 5.16 Å². The Morgan fingerprint density at radius 1 is 1.23 bits per heavy atom. The Balaban J connectivity index is 2.94. The molecular formula is C10H14N2O. The molecule has 70 valence electrons. The third-order valence-electron chi connectivity index (χ3n) is 1.95. The highest BCUT2D eigenvalue weighted by Crippen LogP contribution is 2.12. The van der Waals surface area contributed by atoms with Crippen LogP contribution in [0.2, 0.25) is 0 Å². The maximum atomic E-state index is 8.54. The minimum absolute atomic E-state index is 0.630. The Bertz CT molecular complexity index is 301. The second-order valence-corrected chi connectivity index (χ2v) is 3.13. The fourth-order valence-corrected chi connectivity index (χ4v) is 1.06. The number of benzene rings is 1. The summed E-state index contributed by atoms with van der Waals surface area (Å²) in [5.41, 5.74) is 2.70. The Morgan fingerprint density at radius 2 is 1.77 bits per heavy atom. The molecule has 0 aliphatic carbocycles. The second kappa shape index (κ2) is 3.94. The molecule has 0 aliphatic heterocycles. The van der Waals surface area contributed by atoms with E-state index >= 15 is 0 Å². The predicted molar refractivity (Wildman–Crippen MR) is 54.8 cm³/mol. The first-order valence-electron chi connectivity index (χ1n) is 4.11. The van der Waals surface area contributed by atoms with E-state index in [-0.39, 0.29) is 0 Å². The Hall–Kier alpha value is -1.51. The zero-order chi connectivity index (χ0) is 9.84. The first kappa shape index (κ1) is 9.58. The van der Waals surface area contributed by atoms with Crippen LogP contribution in [0.25, 0.3) is 0 Å². The van der Waals surface area contributed by atoms with Crippen LogP contribution >= 0.6 is 0 Å². The highest BCUT2D eigenvalue weighted by molar-refractivity contribution is 5.98. The highest BCUT2D eigenvalue weighted by atomic mass is 16.4. The molecule has 1 N–H and O–H groups in total. The van der Waals surface area contributed by atoms with Crippen LogP contribution in [-0.4, -0.2) is 25.0 Å². The maximum Gasteiger partial charge on any atom is 0.0836 e. The van der Waals surface area contributed by atoms with Crippen LogP contribution in [0.15, 0.2) is 29.4 Å². The first-order valence-corrected chi connectivity index (χ1v) is 4.11. The minimum atomic E-state index is 0.630. The lowest BCUT2D eigenvalue weighted by Crippen LogP contribution is -2.08. The molecule has 0 bridgehead atoms. The Morgan fingerprint density at radius 3 is 2.15 bits per heavy atom. The van der Waals surface area contributed by atoms with Gasteiger partial charge >= 0.3 is 0 Å². The van der Waals surface area contributed by atoms with Crippen molar-refractivity contribution < 1.29 is 5.21 Å². The largest absolute Gasteiger partial charge is 0.411 e. The van der Waals surface area contributed by atoms with Gasteiger partial charge in [0.2, 0.25) is 0 Å². The summed E-state index contributed by atoms with van der Waals surface area (Å²) >= 11 is 0. The normalized spacial score (nSPS) is 11.5. The van der Waals surface area contributed by atoms with Crippen LogP contribution < -0.4 is 4.90 Å². The lowest BCUT2D eigenvalue weighted by atomic mass is 10.1. The minimum Gasteiger partial charge on any atom is -0.411 e. The van der Waals surface area contributed by atoms with Gasteiger partial charge in [-0.05, 0) is 24.6 Å². The maximum absolute atomic E-state index is 8.54. The molecule has 0 saturated heterocycles. The van der Waals surface area contributed by atoms with Crippen molar-refractivity contribution in [1.82, 2.24) is 0 Å². The molecule has 0 atom stereocenters. The smallest absolute Gasteiger partial charge is 0.0836 e. The molecule has 0 fully saturated rings. The quantitative estimate of drug-likeness (QED) is 0.427. The number of hydrogen-bond acceptors (Lipinski definition) is 3. The average molecular weight is 178 g/mol. The molecule has 0 aromatic heterocycles. The Kier molecular flexibility index (Phi) is 2.90. The number of oxime groups is 1. The van der Waals surface area contributed by atoms with Gasteiger partial charge in [0.1, 0.15) is 0 Å². The van der Waals surface area contributed by atoms with Gasteiger partial charge in [-0.15, -0.1) is 0 Å². The van der Waals surface area contributed by atoms with Gasteiger partial charge in [0.15, 0.2) is 0 Å². The first-order chi connectivity index (χ1) is 6.15. The summed E-state index contributed by atoms with van der Waals surface area (Å²) in [4.78, 5) is 2.02. The average Bonchev–Trinajstić information content (AvgIpc) is 2.17. The van der Waals surface area contributed by atoms with E-state index in [0.29, 0.717) is 5.71 Å². The van der Waals surface area contributed by atoms with E-state index < -0.39 is 0 Å². The van der Waals surface area contributed by atoms with Crippen molar-refractivity contribution >= 4 is 11.4 Å². The summed E-state index contributed by atoms with van der Waals surface area (Å²) in [6.45, 7) is 1.77. The predicted octanol–water partition coefficient (Wildman–Crippen LogP) is 1.95. The van der Waals surface area contributed by atoms with Crippen molar-refractivity contribution in [2.75, 3.05) is 19.0 Å². The number of rotatable bonds is 2. The van der Waals surface area contributed by atoms with Gasteiger partial charge in [0.25, 0.3) is 0 Å². The molecular weight excluding hydrogens is 164 g/mol. The molecule has 1 aromatic rings. The summed E-state index contributed by atoms with van der Waals surface area (Å²) in [5.74, 6) is 0. The topological polar surface area (TPSA) is 35.8 Å². The summed E-state index contributed by atoms with van der Waals surface area (Å²) in [6.07, 6.45) is 0. The van der Waals surface area contributed by atoms with Gasteiger partial charge < -0.3 is 10.1 Å². The van der Waals surface area contributed by atoms with Crippen LogP contribution in [0.3, 0.4) is 0 Å². The van der Waals surface area contributed by atoms with Crippen LogP contribution in [-0.2, 0) is 0 Å². The SMILES string of the molecule is C/C(=N\O)c1ccc(N(C)C)cc1. The zero-order valence-corrected chi connectivity index (χ0v) is 8.15. The molecule has 0 radical (unpaired) electrons. The lowest BCUT2D eigenvalue weighted by Gasteiger charge is -2.12. The van der Waals surface area contributed by atoms with E-state index in [4.69, 9.17) is 5.21 Å². The van der Waals surface area contributed by atoms with Gasteiger partial charge in [0.05, 0.1) is 5.71 Å². The zero-order valence-electron chi connectivity index (χ0n) is 8.15. The molecule has 0 amide bonds. The Labute approximate surface area is 78.3 Å². The molecule has 3 nitrogen and oxygen atoms in total. The lowest BCUT2D eigenvalue weighted by molar-refractivity contribution is 0.319. The molecule has 13 heavy (non-hydrogen) atoms. The van der Waals surface area contributed by atoms with Crippen molar-refractivity contribution in [3.63, 3.8) is 0 Å². The molecule has 3 heteroatoms. The standard InChI is InChI=1S/C10H14N2O/c1-8(11-13)9-4-6-10(7-5-9)12(2)3/h4-7,13H,1-3H3/b11-8+. The van der Waals surface area contributed by atoms with Crippen molar-refractivity contribution in [2.24, 2.45) is 5.16 Å². The van der Waals surface area contributed by atoms with E-state index in [1.807, 2.05) is 43.3 Å². The van der Waals surface area contributed by atoms with Gasteiger partial charge in [-0.25, -0.2) is 0 Å². The monoisotopic (exact) mass is 178 g/mol. The van der Waals surface area contributed by atoms with Crippen molar-refractivity contribution in [3.8, 4) is 0 Å². The van der Waals surface area contributed by atoms with Crippen molar-refractivity contribution in [2.45, 2.75) is 6.92 Å². The second-order valence-electron chi connectivity index (χ2n) is 3.13. The molecule has 0 saturated carbocycles. The van der Waals surface area contributed by atoms with Crippen LogP contribution in [0.5, 0.6) is 0 Å². The third kappa shape index (κ3) is 2.21. The highest BCUT2D eigenvalue weighted by Gasteiger charge is 1.98. The van der Waals surface area contributed by atoms with E-state index in [0.717, 1.165) is 11.3 Å².